The van der Waals surface area contributed by atoms with Crippen molar-refractivity contribution >= 4 is 11.4 Å². The summed E-state index contributed by atoms with van der Waals surface area (Å²) in [5.41, 5.74) is 4.38. The topological polar surface area (TPSA) is 45.0 Å². The van der Waals surface area contributed by atoms with Crippen molar-refractivity contribution in [3.63, 3.8) is 0 Å². The van der Waals surface area contributed by atoms with Crippen molar-refractivity contribution in [1.29, 1.82) is 0 Å². The standard InChI is InChI=1S/C8H8N2O/c11-7-3-2-6-8(7)10-5-1-4-9-6/h4-5,7,11H,2-3H2. The molecule has 3 heteroatoms. The number of aliphatic imine (C=N–C) groups is 2. The highest BCUT2D eigenvalue weighted by Gasteiger charge is 2.26. The maximum atomic E-state index is 9.38. The summed E-state index contributed by atoms with van der Waals surface area (Å²) in [5.74, 6) is 0. The van der Waals surface area contributed by atoms with Crippen LogP contribution in [0, 0.1) is 0 Å². The largest absolute Gasteiger partial charge is 0.387 e. The van der Waals surface area contributed by atoms with Gasteiger partial charge in [0.15, 0.2) is 0 Å². The van der Waals surface area contributed by atoms with E-state index in [0.29, 0.717) is 5.71 Å². The Hall–Kier alpha value is -1.18. The first-order chi connectivity index (χ1) is 5.38. The van der Waals surface area contributed by atoms with Gasteiger partial charge in [-0.25, -0.2) is 4.99 Å². The van der Waals surface area contributed by atoms with Crippen LogP contribution in [0.25, 0.3) is 0 Å². The quantitative estimate of drug-likeness (QED) is 0.504. The van der Waals surface area contributed by atoms with Crippen molar-refractivity contribution in [2.75, 3.05) is 0 Å². The zero-order valence-corrected chi connectivity index (χ0v) is 5.99. The molecule has 2 aliphatic rings. The Morgan fingerprint density at radius 2 is 2.27 bits per heavy atom. The average Bonchev–Trinajstić information content (AvgIpc) is 2.25. The van der Waals surface area contributed by atoms with Gasteiger partial charge in [0.05, 0.1) is 29.9 Å². The van der Waals surface area contributed by atoms with E-state index in [0.717, 1.165) is 18.6 Å². The van der Waals surface area contributed by atoms with Crippen molar-refractivity contribution in [2.24, 2.45) is 9.98 Å². The third-order valence-corrected chi connectivity index (χ3v) is 1.84. The van der Waals surface area contributed by atoms with Gasteiger partial charge >= 0.3 is 0 Å². The second-order valence-electron chi connectivity index (χ2n) is 2.57. The molecule has 0 aromatic heterocycles. The van der Waals surface area contributed by atoms with E-state index in [1.54, 1.807) is 12.4 Å². The van der Waals surface area contributed by atoms with Crippen LogP contribution >= 0.6 is 0 Å². The second kappa shape index (κ2) is 2.46. The molecule has 11 heavy (non-hydrogen) atoms. The molecule has 1 aliphatic heterocycles. The Morgan fingerprint density at radius 3 is 3.18 bits per heavy atom. The van der Waals surface area contributed by atoms with E-state index in [2.05, 4.69) is 15.7 Å². The highest BCUT2D eigenvalue weighted by atomic mass is 16.3. The predicted molar refractivity (Wildman–Crippen MR) is 42.8 cm³/mol. The van der Waals surface area contributed by atoms with Crippen LogP contribution in [0.3, 0.4) is 0 Å². The Morgan fingerprint density at radius 1 is 1.45 bits per heavy atom. The van der Waals surface area contributed by atoms with Gasteiger partial charge in [-0.15, -0.1) is 0 Å². The molecule has 1 N–H and O–H groups in total. The Bertz CT molecular complexity index is 295. The average molecular weight is 148 g/mol. The Kier molecular flexibility index (Phi) is 1.46. The molecule has 1 unspecified atom stereocenters. The highest BCUT2D eigenvalue weighted by molar-refractivity contribution is 6.46. The van der Waals surface area contributed by atoms with Gasteiger partial charge in [0.1, 0.15) is 0 Å². The van der Waals surface area contributed by atoms with E-state index in [1.807, 2.05) is 0 Å². The van der Waals surface area contributed by atoms with Crippen LogP contribution in [-0.2, 0) is 0 Å². The van der Waals surface area contributed by atoms with E-state index < -0.39 is 6.10 Å². The van der Waals surface area contributed by atoms with Crippen LogP contribution in [0.15, 0.2) is 28.1 Å². The predicted octanol–water partition coefficient (Wildman–Crippen LogP) is 0.663. The van der Waals surface area contributed by atoms with E-state index >= 15 is 0 Å². The zero-order valence-electron chi connectivity index (χ0n) is 5.99. The smallest absolute Gasteiger partial charge is 0.0982 e. The van der Waals surface area contributed by atoms with Crippen LogP contribution in [0.4, 0.5) is 0 Å². The maximum absolute atomic E-state index is 9.38. The SMILES string of the molecule is OC1CCC2=NC=C=CN=C21. The minimum absolute atomic E-state index is 0.418. The monoisotopic (exact) mass is 148 g/mol. The molecular weight excluding hydrogens is 140 g/mol. The first kappa shape index (κ1) is 6.53. The summed E-state index contributed by atoms with van der Waals surface area (Å²) in [5, 5.41) is 9.38. The first-order valence-corrected chi connectivity index (χ1v) is 3.60. The number of aliphatic hydroxyl groups is 1. The number of hydrogen-bond acceptors (Lipinski definition) is 3. The number of hydrogen-bond donors (Lipinski definition) is 1. The normalized spacial score (nSPS) is 27.5. The minimum atomic E-state index is -0.418. The van der Waals surface area contributed by atoms with Gasteiger partial charge in [0.25, 0.3) is 0 Å². The lowest BCUT2D eigenvalue weighted by Crippen LogP contribution is -2.17. The summed E-state index contributed by atoms with van der Waals surface area (Å²) >= 11 is 0. The minimum Gasteiger partial charge on any atom is -0.387 e. The third-order valence-electron chi connectivity index (χ3n) is 1.84. The first-order valence-electron chi connectivity index (χ1n) is 3.60. The van der Waals surface area contributed by atoms with E-state index in [4.69, 9.17) is 0 Å². The lowest BCUT2D eigenvalue weighted by molar-refractivity contribution is 0.242. The second-order valence-corrected chi connectivity index (χ2v) is 2.57. The molecule has 1 atom stereocenters. The highest BCUT2D eigenvalue weighted by Crippen LogP contribution is 2.15. The van der Waals surface area contributed by atoms with Crippen LogP contribution in [0.1, 0.15) is 12.8 Å². The van der Waals surface area contributed by atoms with Gasteiger partial charge in [0.2, 0.25) is 0 Å². The number of nitrogens with zero attached hydrogens (tertiary/aromatic N) is 2. The van der Waals surface area contributed by atoms with Gasteiger partial charge < -0.3 is 5.11 Å². The molecule has 0 aromatic carbocycles. The molecule has 3 nitrogen and oxygen atoms in total. The van der Waals surface area contributed by atoms with Crippen LogP contribution in [0.2, 0.25) is 0 Å². The Balaban J connectivity index is 2.43. The van der Waals surface area contributed by atoms with Gasteiger partial charge in [0, 0.05) is 0 Å². The molecule has 0 spiro atoms. The van der Waals surface area contributed by atoms with Gasteiger partial charge in [-0.3, -0.25) is 4.99 Å². The van der Waals surface area contributed by atoms with Gasteiger partial charge in [-0.1, -0.05) is 5.73 Å². The number of rotatable bonds is 0. The summed E-state index contributed by atoms with van der Waals surface area (Å²) in [6, 6.07) is 0. The van der Waals surface area contributed by atoms with Gasteiger partial charge in [-0.2, -0.15) is 0 Å². The molecule has 0 amide bonds. The molecule has 1 aliphatic carbocycles. The fraction of sp³-hybridized carbons (Fsp3) is 0.375. The van der Waals surface area contributed by atoms with Crippen molar-refractivity contribution in [1.82, 2.24) is 0 Å². The summed E-state index contributed by atoms with van der Waals surface area (Å²) in [4.78, 5) is 8.13. The van der Waals surface area contributed by atoms with Crippen molar-refractivity contribution < 1.29 is 5.11 Å². The molecule has 1 heterocycles. The lowest BCUT2D eigenvalue weighted by atomic mass is 10.2. The molecule has 0 saturated heterocycles. The molecule has 0 radical (unpaired) electrons. The van der Waals surface area contributed by atoms with Crippen LogP contribution in [-0.4, -0.2) is 22.6 Å². The summed E-state index contributed by atoms with van der Waals surface area (Å²) in [7, 11) is 0. The molecule has 1 fully saturated rings. The summed E-state index contributed by atoms with van der Waals surface area (Å²) in [6.07, 6.45) is 4.29. The van der Waals surface area contributed by atoms with E-state index in [9.17, 15) is 5.11 Å². The number of fused-ring (bicyclic) bond motifs is 1. The summed E-state index contributed by atoms with van der Waals surface area (Å²) < 4.78 is 0. The van der Waals surface area contributed by atoms with E-state index in [1.165, 1.54) is 0 Å². The lowest BCUT2D eigenvalue weighted by Gasteiger charge is -1.98. The van der Waals surface area contributed by atoms with Crippen LogP contribution in [0.5, 0.6) is 0 Å². The molecule has 2 rings (SSSR count). The molecule has 1 saturated carbocycles. The third kappa shape index (κ3) is 1.04. The molecular formula is C8H8N2O. The fourth-order valence-electron chi connectivity index (χ4n) is 1.28. The van der Waals surface area contributed by atoms with Crippen molar-refractivity contribution in [3.05, 3.63) is 18.1 Å². The fourth-order valence-corrected chi connectivity index (χ4v) is 1.28. The number of aliphatic hydroxyl groups excluding tert-OH is 1. The maximum Gasteiger partial charge on any atom is 0.0982 e. The van der Waals surface area contributed by atoms with Crippen molar-refractivity contribution in [2.45, 2.75) is 18.9 Å². The van der Waals surface area contributed by atoms with Crippen LogP contribution < -0.4 is 0 Å². The van der Waals surface area contributed by atoms with Gasteiger partial charge in [-0.05, 0) is 12.8 Å². The Labute approximate surface area is 64.5 Å². The van der Waals surface area contributed by atoms with E-state index in [-0.39, 0.29) is 0 Å². The molecule has 0 bridgehead atoms. The summed E-state index contributed by atoms with van der Waals surface area (Å²) in [6.45, 7) is 0. The molecule has 56 valence electrons. The zero-order chi connectivity index (χ0) is 7.68. The van der Waals surface area contributed by atoms with Crippen molar-refractivity contribution in [3.8, 4) is 0 Å². The molecule has 0 aromatic rings.